The predicted molar refractivity (Wildman–Crippen MR) is 101 cm³/mol. The van der Waals surface area contributed by atoms with Crippen LogP contribution in [0.4, 0.5) is 0 Å². The molecule has 0 aliphatic heterocycles. The summed E-state index contributed by atoms with van der Waals surface area (Å²) in [7, 11) is -1.50. The maximum absolute atomic E-state index is 2.56. The molecule has 1 aromatic carbocycles. The molecule has 2 unspecified atom stereocenters. The van der Waals surface area contributed by atoms with E-state index in [1.165, 1.54) is 11.1 Å². The fourth-order valence-corrected chi connectivity index (χ4v) is 8.04. The summed E-state index contributed by atoms with van der Waals surface area (Å²) in [4.78, 5) is 0. The van der Waals surface area contributed by atoms with Crippen LogP contribution in [0.15, 0.2) is 53.6 Å². The molecule has 0 fully saturated rings. The molecule has 0 N–H and O–H groups in total. The van der Waals surface area contributed by atoms with Gasteiger partial charge >= 0.3 is 0 Å². The Hall–Kier alpha value is -1.34. The molecule has 0 spiro atoms. The molecular weight excluding hydrogens is 280 g/mol. The number of benzene rings is 1. The van der Waals surface area contributed by atoms with Crippen LogP contribution in [0, 0.1) is 5.41 Å². The third-order valence-electron chi connectivity index (χ3n) is 5.46. The number of hydrogen-bond acceptors (Lipinski definition) is 0. The van der Waals surface area contributed by atoms with Gasteiger partial charge in [-0.3, -0.25) is 0 Å². The van der Waals surface area contributed by atoms with Crippen molar-refractivity contribution < 1.29 is 0 Å². The van der Waals surface area contributed by atoms with Crippen molar-refractivity contribution in [1.82, 2.24) is 0 Å². The lowest BCUT2D eigenvalue weighted by molar-refractivity contribution is 0.517. The molecule has 0 saturated heterocycles. The monoisotopic (exact) mass is 308 g/mol. The third kappa shape index (κ3) is 2.46. The molecule has 2 atom stereocenters. The molecule has 0 radical (unpaired) electrons. The maximum atomic E-state index is 2.56. The lowest BCUT2D eigenvalue weighted by Crippen LogP contribution is -2.38. The molecule has 0 nitrogen and oxygen atoms in total. The molecule has 3 rings (SSSR count). The summed E-state index contributed by atoms with van der Waals surface area (Å²) in [5.41, 5.74) is 7.61. The number of rotatable bonds is 2. The van der Waals surface area contributed by atoms with Crippen LogP contribution in [0.25, 0.3) is 6.08 Å². The van der Waals surface area contributed by atoms with Crippen molar-refractivity contribution in [3.63, 3.8) is 0 Å². The maximum Gasteiger partial charge on any atom is 0.0710 e. The van der Waals surface area contributed by atoms with E-state index in [4.69, 9.17) is 0 Å². The lowest BCUT2D eigenvalue weighted by Gasteiger charge is -2.36. The second-order valence-electron chi connectivity index (χ2n) is 8.53. The van der Waals surface area contributed by atoms with Crippen LogP contribution in [-0.4, -0.2) is 8.07 Å². The summed E-state index contributed by atoms with van der Waals surface area (Å²) in [5, 5.41) is 0. The zero-order chi connectivity index (χ0) is 16.1. The van der Waals surface area contributed by atoms with Gasteiger partial charge in [-0.25, -0.2) is 0 Å². The zero-order valence-electron chi connectivity index (χ0n) is 14.8. The van der Waals surface area contributed by atoms with Crippen molar-refractivity contribution in [1.29, 1.82) is 0 Å². The standard InChI is InChI=1S/C21H28Si/c1-15-13-16-9-7-8-10-19(16)20(15)22(5,6)18-12-11-17(14-18)21(2,3)4/h7-14,18,20H,1-6H3. The highest BCUT2D eigenvalue weighted by Gasteiger charge is 2.43. The summed E-state index contributed by atoms with van der Waals surface area (Å²) in [6.45, 7) is 14.4. The van der Waals surface area contributed by atoms with E-state index in [9.17, 15) is 0 Å². The highest BCUT2D eigenvalue weighted by atomic mass is 28.3. The van der Waals surface area contributed by atoms with Crippen LogP contribution in [-0.2, 0) is 0 Å². The van der Waals surface area contributed by atoms with Crippen molar-refractivity contribution in [2.45, 2.75) is 51.9 Å². The van der Waals surface area contributed by atoms with E-state index in [2.05, 4.69) is 89.4 Å². The van der Waals surface area contributed by atoms with Gasteiger partial charge < -0.3 is 0 Å². The highest BCUT2D eigenvalue weighted by molar-refractivity contribution is 6.82. The van der Waals surface area contributed by atoms with Crippen LogP contribution in [0.5, 0.6) is 0 Å². The lowest BCUT2D eigenvalue weighted by atomic mass is 9.87. The Labute approximate surface area is 136 Å². The summed E-state index contributed by atoms with van der Waals surface area (Å²) in [5.74, 6) is 0. The summed E-state index contributed by atoms with van der Waals surface area (Å²) in [6, 6.07) is 8.97. The number of allylic oxidation sites excluding steroid dienone is 5. The van der Waals surface area contributed by atoms with Gasteiger partial charge in [0.05, 0.1) is 8.07 Å². The van der Waals surface area contributed by atoms with Gasteiger partial charge in [0.15, 0.2) is 0 Å². The van der Waals surface area contributed by atoms with E-state index in [-0.39, 0.29) is 5.41 Å². The van der Waals surface area contributed by atoms with Gasteiger partial charge in [0.1, 0.15) is 0 Å². The van der Waals surface area contributed by atoms with E-state index in [0.717, 1.165) is 0 Å². The molecular formula is C21H28Si. The SMILES string of the molecule is CC1=Cc2ccccc2C1[Si](C)(C)C1C=CC(C(C)(C)C)=C1. The van der Waals surface area contributed by atoms with E-state index >= 15 is 0 Å². The minimum Gasteiger partial charge on any atom is -0.0800 e. The van der Waals surface area contributed by atoms with Gasteiger partial charge in [-0.15, -0.1) is 0 Å². The molecule has 0 saturated carbocycles. The van der Waals surface area contributed by atoms with E-state index in [1.54, 1.807) is 11.1 Å². The molecule has 1 aromatic rings. The fraction of sp³-hybridized carbons (Fsp3) is 0.429. The largest absolute Gasteiger partial charge is 0.0800 e. The van der Waals surface area contributed by atoms with Crippen LogP contribution in [0.3, 0.4) is 0 Å². The van der Waals surface area contributed by atoms with E-state index < -0.39 is 8.07 Å². The van der Waals surface area contributed by atoms with Crippen molar-refractivity contribution in [2.75, 3.05) is 0 Å². The van der Waals surface area contributed by atoms with E-state index in [0.29, 0.717) is 11.1 Å². The van der Waals surface area contributed by atoms with Crippen LogP contribution in [0.1, 0.15) is 44.4 Å². The number of hydrogen-bond donors (Lipinski definition) is 0. The first-order valence-electron chi connectivity index (χ1n) is 8.39. The van der Waals surface area contributed by atoms with Crippen molar-refractivity contribution in [3.8, 4) is 0 Å². The third-order valence-corrected chi connectivity index (χ3v) is 9.79. The second-order valence-corrected chi connectivity index (χ2v) is 13.4. The first kappa shape index (κ1) is 15.5. The minimum atomic E-state index is -1.50. The van der Waals surface area contributed by atoms with Crippen molar-refractivity contribution in [2.24, 2.45) is 5.41 Å². The summed E-state index contributed by atoms with van der Waals surface area (Å²) >= 11 is 0. The first-order chi connectivity index (χ1) is 10.2. The van der Waals surface area contributed by atoms with Gasteiger partial charge in [-0.05, 0) is 34.6 Å². The topological polar surface area (TPSA) is 0 Å². The normalized spacial score (nSPS) is 24.3. The van der Waals surface area contributed by atoms with Crippen molar-refractivity contribution in [3.05, 3.63) is 64.8 Å². The molecule has 0 amide bonds. The Morgan fingerprint density at radius 1 is 1.05 bits per heavy atom. The zero-order valence-corrected chi connectivity index (χ0v) is 15.8. The Balaban J connectivity index is 1.97. The second kappa shape index (κ2) is 5.09. The summed E-state index contributed by atoms with van der Waals surface area (Å²) in [6.07, 6.45) is 9.81. The molecule has 22 heavy (non-hydrogen) atoms. The molecule has 2 aliphatic carbocycles. The van der Waals surface area contributed by atoms with E-state index in [1.807, 2.05) is 0 Å². The smallest absolute Gasteiger partial charge is 0.0710 e. The van der Waals surface area contributed by atoms with Gasteiger partial charge in [0.2, 0.25) is 0 Å². The van der Waals surface area contributed by atoms with Crippen LogP contribution < -0.4 is 0 Å². The molecule has 116 valence electrons. The Morgan fingerprint density at radius 3 is 2.36 bits per heavy atom. The van der Waals surface area contributed by atoms with Gasteiger partial charge in [-0.1, -0.05) is 88.0 Å². The van der Waals surface area contributed by atoms with Crippen molar-refractivity contribution >= 4 is 14.1 Å². The molecule has 0 heterocycles. The minimum absolute atomic E-state index is 0.258. The molecule has 2 aliphatic rings. The fourth-order valence-electron chi connectivity index (χ4n) is 4.13. The Bertz CT molecular complexity index is 680. The average molecular weight is 309 g/mol. The molecule has 0 aromatic heterocycles. The average Bonchev–Trinajstić information content (AvgIpc) is 3.01. The number of fused-ring (bicyclic) bond motifs is 1. The first-order valence-corrected chi connectivity index (χ1v) is 11.5. The highest BCUT2D eigenvalue weighted by Crippen LogP contribution is 2.49. The molecule has 0 bridgehead atoms. The van der Waals surface area contributed by atoms with Gasteiger partial charge in [0.25, 0.3) is 0 Å². The Morgan fingerprint density at radius 2 is 1.73 bits per heavy atom. The Kier molecular flexibility index (Phi) is 3.60. The van der Waals surface area contributed by atoms with Crippen LogP contribution in [0.2, 0.25) is 18.6 Å². The quantitative estimate of drug-likeness (QED) is 0.559. The molecule has 1 heteroatoms. The van der Waals surface area contributed by atoms with Gasteiger partial charge in [0, 0.05) is 5.54 Å². The summed E-state index contributed by atoms with van der Waals surface area (Å²) < 4.78 is 0. The predicted octanol–water partition coefficient (Wildman–Crippen LogP) is 6.35. The van der Waals surface area contributed by atoms with Gasteiger partial charge in [-0.2, -0.15) is 0 Å². The van der Waals surface area contributed by atoms with Crippen LogP contribution >= 0.6 is 0 Å².